The zero-order valence-corrected chi connectivity index (χ0v) is 10.9. The van der Waals surface area contributed by atoms with Crippen LogP contribution in [-0.2, 0) is 4.79 Å². The van der Waals surface area contributed by atoms with Gasteiger partial charge in [0.2, 0.25) is 0 Å². The largest absolute Gasteiger partial charge is 0.480 e. The summed E-state index contributed by atoms with van der Waals surface area (Å²) in [6.45, 7) is 0.378. The van der Waals surface area contributed by atoms with Crippen LogP contribution in [0.4, 0.5) is 4.39 Å². The number of piperidine rings is 1. The minimum absolute atomic E-state index is 0.000266. The molecule has 1 aromatic rings. The van der Waals surface area contributed by atoms with Crippen LogP contribution in [0.25, 0.3) is 0 Å². The Bertz CT molecular complexity index is 521. The number of benzene rings is 1. The Morgan fingerprint density at radius 1 is 1.37 bits per heavy atom. The molecule has 1 aliphatic rings. The molecule has 1 saturated heterocycles. The van der Waals surface area contributed by atoms with Crippen molar-refractivity contribution in [2.45, 2.75) is 25.3 Å². The molecule has 0 saturated carbocycles. The normalized spacial score (nSPS) is 19.3. The van der Waals surface area contributed by atoms with Gasteiger partial charge in [0.05, 0.1) is 10.6 Å². The lowest BCUT2D eigenvalue weighted by molar-refractivity contribution is -0.143. The number of aliphatic carboxylic acids is 1. The first-order valence-electron chi connectivity index (χ1n) is 5.99. The molecule has 1 aromatic carbocycles. The molecular formula is C13H13ClFNO3. The van der Waals surface area contributed by atoms with Gasteiger partial charge in [-0.05, 0) is 37.5 Å². The van der Waals surface area contributed by atoms with E-state index in [9.17, 15) is 14.0 Å². The average molecular weight is 286 g/mol. The van der Waals surface area contributed by atoms with Crippen LogP contribution in [0.5, 0.6) is 0 Å². The van der Waals surface area contributed by atoms with Crippen LogP contribution in [0, 0.1) is 5.82 Å². The molecule has 0 aromatic heterocycles. The molecule has 1 atom stereocenters. The maximum atomic E-state index is 13.0. The fourth-order valence-corrected chi connectivity index (χ4v) is 2.50. The van der Waals surface area contributed by atoms with Crippen molar-refractivity contribution in [1.29, 1.82) is 0 Å². The van der Waals surface area contributed by atoms with Gasteiger partial charge in [-0.3, -0.25) is 4.79 Å². The molecule has 1 heterocycles. The fraction of sp³-hybridized carbons (Fsp3) is 0.385. The smallest absolute Gasteiger partial charge is 0.326 e. The lowest BCUT2D eigenvalue weighted by atomic mass is 10.0. The van der Waals surface area contributed by atoms with Crippen LogP contribution in [0.15, 0.2) is 18.2 Å². The Labute approximate surface area is 114 Å². The van der Waals surface area contributed by atoms with Crippen molar-refractivity contribution in [3.8, 4) is 0 Å². The highest BCUT2D eigenvalue weighted by molar-refractivity contribution is 6.33. The third-order valence-corrected chi connectivity index (χ3v) is 3.52. The van der Waals surface area contributed by atoms with Gasteiger partial charge in [-0.25, -0.2) is 9.18 Å². The summed E-state index contributed by atoms with van der Waals surface area (Å²) in [7, 11) is 0. The van der Waals surface area contributed by atoms with Gasteiger partial charge < -0.3 is 10.0 Å². The zero-order chi connectivity index (χ0) is 14.0. The predicted molar refractivity (Wildman–Crippen MR) is 67.7 cm³/mol. The lowest BCUT2D eigenvalue weighted by Crippen LogP contribution is -2.48. The van der Waals surface area contributed by atoms with Crippen molar-refractivity contribution in [2.75, 3.05) is 6.54 Å². The Hall–Kier alpha value is -1.62. The quantitative estimate of drug-likeness (QED) is 0.908. The Morgan fingerprint density at radius 2 is 2.11 bits per heavy atom. The lowest BCUT2D eigenvalue weighted by Gasteiger charge is -2.33. The van der Waals surface area contributed by atoms with Gasteiger partial charge in [-0.1, -0.05) is 11.6 Å². The summed E-state index contributed by atoms with van der Waals surface area (Å²) in [5.74, 6) is -2.02. The number of carboxylic acid groups (broad SMARTS) is 1. The highest BCUT2D eigenvalue weighted by atomic mass is 35.5. The number of rotatable bonds is 2. The minimum atomic E-state index is -1.02. The molecule has 0 aliphatic carbocycles. The van der Waals surface area contributed by atoms with E-state index in [1.54, 1.807) is 0 Å². The summed E-state index contributed by atoms with van der Waals surface area (Å²) in [6, 6.07) is 2.64. The molecule has 1 fully saturated rings. The maximum absolute atomic E-state index is 13.0. The fourth-order valence-electron chi connectivity index (χ4n) is 2.25. The van der Waals surface area contributed by atoms with Crippen LogP contribution in [0.3, 0.4) is 0 Å². The van der Waals surface area contributed by atoms with Crippen LogP contribution in [-0.4, -0.2) is 34.5 Å². The number of carbonyl (C=O) groups excluding carboxylic acids is 1. The molecule has 0 spiro atoms. The van der Waals surface area contributed by atoms with Crippen LogP contribution < -0.4 is 0 Å². The van der Waals surface area contributed by atoms with E-state index in [-0.39, 0.29) is 10.6 Å². The summed E-state index contributed by atoms with van der Waals surface area (Å²) in [5.41, 5.74) is 0.135. The number of hydrogen-bond acceptors (Lipinski definition) is 2. The first-order chi connectivity index (χ1) is 9.00. The van der Waals surface area contributed by atoms with E-state index in [2.05, 4.69) is 0 Å². The first kappa shape index (κ1) is 13.8. The van der Waals surface area contributed by atoms with Crippen molar-refractivity contribution >= 4 is 23.5 Å². The van der Waals surface area contributed by atoms with Gasteiger partial charge >= 0.3 is 5.97 Å². The number of likely N-dealkylation sites (tertiary alicyclic amines) is 1. The van der Waals surface area contributed by atoms with Crippen LogP contribution in [0.1, 0.15) is 29.6 Å². The predicted octanol–water partition coefficient (Wildman–Crippen LogP) is 2.56. The van der Waals surface area contributed by atoms with E-state index in [1.165, 1.54) is 11.0 Å². The van der Waals surface area contributed by atoms with Crippen LogP contribution >= 0.6 is 11.6 Å². The zero-order valence-electron chi connectivity index (χ0n) is 10.1. The summed E-state index contributed by atoms with van der Waals surface area (Å²) < 4.78 is 13.0. The van der Waals surface area contributed by atoms with Crippen molar-refractivity contribution < 1.29 is 19.1 Å². The van der Waals surface area contributed by atoms with E-state index in [0.29, 0.717) is 13.0 Å². The summed E-state index contributed by atoms with van der Waals surface area (Å²) in [5, 5.41) is 9.13. The van der Waals surface area contributed by atoms with E-state index in [1.807, 2.05) is 0 Å². The van der Waals surface area contributed by atoms with Crippen molar-refractivity contribution in [3.63, 3.8) is 0 Å². The third-order valence-electron chi connectivity index (χ3n) is 3.21. The highest BCUT2D eigenvalue weighted by Gasteiger charge is 2.33. The number of carbonyl (C=O) groups is 2. The summed E-state index contributed by atoms with van der Waals surface area (Å²) >= 11 is 5.84. The second-order valence-corrected chi connectivity index (χ2v) is 4.88. The van der Waals surface area contributed by atoms with Crippen molar-refractivity contribution in [2.24, 2.45) is 0 Å². The Balaban J connectivity index is 2.28. The standard InChI is InChI=1S/C13H13ClFNO3/c14-10-7-8(15)4-5-9(10)12(17)16-6-2-1-3-11(16)13(18)19/h4-5,7,11H,1-3,6H2,(H,18,19)/t11-/m0/s1. The van der Waals surface area contributed by atoms with Gasteiger partial charge in [0.25, 0.3) is 5.91 Å². The maximum Gasteiger partial charge on any atom is 0.326 e. The minimum Gasteiger partial charge on any atom is -0.480 e. The number of halogens is 2. The monoisotopic (exact) mass is 285 g/mol. The molecule has 1 amide bonds. The molecule has 1 N–H and O–H groups in total. The van der Waals surface area contributed by atoms with E-state index in [4.69, 9.17) is 16.7 Å². The summed E-state index contributed by atoms with van der Waals surface area (Å²) in [6.07, 6.45) is 1.96. The Morgan fingerprint density at radius 3 is 2.74 bits per heavy atom. The van der Waals surface area contributed by atoms with Crippen molar-refractivity contribution in [3.05, 3.63) is 34.6 Å². The highest BCUT2D eigenvalue weighted by Crippen LogP contribution is 2.24. The Kier molecular flexibility index (Phi) is 4.04. The molecule has 19 heavy (non-hydrogen) atoms. The topological polar surface area (TPSA) is 57.6 Å². The van der Waals surface area contributed by atoms with Gasteiger partial charge in [-0.15, -0.1) is 0 Å². The van der Waals surface area contributed by atoms with E-state index in [0.717, 1.165) is 25.0 Å². The molecule has 1 aliphatic heterocycles. The SMILES string of the molecule is O=C(O)[C@@H]1CCCCN1C(=O)c1ccc(F)cc1Cl. The molecule has 6 heteroatoms. The average Bonchev–Trinajstić information content (AvgIpc) is 2.38. The van der Waals surface area contributed by atoms with Crippen LogP contribution in [0.2, 0.25) is 5.02 Å². The van der Waals surface area contributed by atoms with Gasteiger partial charge in [0.15, 0.2) is 0 Å². The second-order valence-electron chi connectivity index (χ2n) is 4.47. The third kappa shape index (κ3) is 2.87. The molecule has 0 bridgehead atoms. The molecule has 0 unspecified atom stereocenters. The van der Waals surface area contributed by atoms with Gasteiger partial charge in [0, 0.05) is 6.54 Å². The molecule has 102 valence electrons. The molecular weight excluding hydrogens is 273 g/mol. The first-order valence-corrected chi connectivity index (χ1v) is 6.37. The van der Waals surface area contributed by atoms with Gasteiger partial charge in [-0.2, -0.15) is 0 Å². The van der Waals surface area contributed by atoms with E-state index >= 15 is 0 Å². The summed E-state index contributed by atoms with van der Waals surface area (Å²) in [4.78, 5) is 24.8. The molecule has 4 nitrogen and oxygen atoms in total. The number of hydrogen-bond donors (Lipinski definition) is 1. The second kappa shape index (κ2) is 5.57. The van der Waals surface area contributed by atoms with Crippen molar-refractivity contribution in [1.82, 2.24) is 4.90 Å². The molecule has 2 rings (SSSR count). The number of nitrogens with zero attached hydrogens (tertiary/aromatic N) is 1. The molecule has 0 radical (unpaired) electrons. The van der Waals surface area contributed by atoms with E-state index < -0.39 is 23.7 Å². The number of amides is 1. The number of carboxylic acids is 1. The van der Waals surface area contributed by atoms with Gasteiger partial charge in [0.1, 0.15) is 11.9 Å².